The number of nitrogens with zero attached hydrogens (tertiary/aromatic N) is 1. The summed E-state index contributed by atoms with van der Waals surface area (Å²) >= 11 is 6.93. The molecule has 1 heterocycles. The van der Waals surface area contributed by atoms with Gasteiger partial charge < -0.3 is 4.74 Å². The molecule has 0 spiro atoms. The van der Waals surface area contributed by atoms with E-state index >= 15 is 0 Å². The summed E-state index contributed by atoms with van der Waals surface area (Å²) in [5, 5.41) is 0. The number of aryl methyl sites for hydroxylation is 1. The van der Waals surface area contributed by atoms with Gasteiger partial charge in [-0.3, -0.25) is 9.69 Å². The lowest BCUT2D eigenvalue weighted by Crippen LogP contribution is -2.39. The van der Waals surface area contributed by atoms with Gasteiger partial charge in [-0.1, -0.05) is 85.2 Å². The van der Waals surface area contributed by atoms with Crippen molar-refractivity contribution in [3.05, 3.63) is 70.1 Å². The zero-order valence-electron chi connectivity index (χ0n) is 16.6. The third kappa shape index (κ3) is 4.90. The van der Waals surface area contributed by atoms with E-state index in [0.29, 0.717) is 15.8 Å². The molecule has 4 rings (SSSR count). The van der Waals surface area contributed by atoms with E-state index in [4.69, 9.17) is 17.0 Å². The highest BCUT2D eigenvalue weighted by Gasteiger charge is 2.37. The second kappa shape index (κ2) is 9.14. The summed E-state index contributed by atoms with van der Waals surface area (Å²) < 4.78 is 6.58. The molecule has 0 bridgehead atoms. The molecule has 2 aliphatic rings. The molecule has 2 aromatic rings. The monoisotopic (exact) mass is 423 g/mol. The maximum atomic E-state index is 12.9. The maximum Gasteiger partial charge on any atom is 0.266 e. The Bertz CT molecular complexity index is 930. The highest BCUT2D eigenvalue weighted by atomic mass is 32.2. The second-order valence-electron chi connectivity index (χ2n) is 7.69. The van der Waals surface area contributed by atoms with Crippen molar-refractivity contribution < 1.29 is 9.53 Å². The Hall–Kier alpha value is -2.11. The van der Waals surface area contributed by atoms with Crippen LogP contribution in [0, 0.1) is 6.92 Å². The predicted molar refractivity (Wildman–Crippen MR) is 124 cm³/mol. The maximum absolute atomic E-state index is 12.9. The fraction of sp³-hybridized carbons (Fsp3) is 0.333. The summed E-state index contributed by atoms with van der Waals surface area (Å²) in [5.74, 6) is 0.880. The Kier molecular flexibility index (Phi) is 6.36. The van der Waals surface area contributed by atoms with E-state index in [1.807, 2.05) is 41.3 Å². The van der Waals surface area contributed by atoms with Crippen LogP contribution in [0.5, 0.6) is 5.75 Å². The van der Waals surface area contributed by atoms with Crippen molar-refractivity contribution in [1.82, 2.24) is 4.90 Å². The van der Waals surface area contributed by atoms with Crippen LogP contribution in [0.2, 0.25) is 0 Å². The normalized spacial score (nSPS) is 19.2. The summed E-state index contributed by atoms with van der Waals surface area (Å²) in [6.07, 6.45) is 7.70. The van der Waals surface area contributed by atoms with Crippen LogP contribution < -0.4 is 4.74 Å². The summed E-state index contributed by atoms with van der Waals surface area (Å²) in [6.45, 7) is 2.62. The third-order valence-electron chi connectivity index (χ3n) is 5.43. The molecule has 1 amide bonds. The molecule has 0 N–H and O–H groups in total. The minimum atomic E-state index is 0.0617. The molecule has 1 aliphatic heterocycles. The molecular weight excluding hydrogens is 398 g/mol. The number of amides is 1. The molecule has 1 aliphatic carbocycles. The number of benzene rings is 2. The van der Waals surface area contributed by atoms with Crippen LogP contribution in [0.25, 0.3) is 6.08 Å². The molecular formula is C24H25NO2S2. The van der Waals surface area contributed by atoms with E-state index in [1.54, 1.807) is 0 Å². The lowest BCUT2D eigenvalue weighted by Gasteiger charge is -2.29. The van der Waals surface area contributed by atoms with Gasteiger partial charge >= 0.3 is 0 Å². The van der Waals surface area contributed by atoms with E-state index in [2.05, 4.69) is 25.1 Å². The number of rotatable bonds is 5. The fourth-order valence-corrected chi connectivity index (χ4v) is 5.31. The molecule has 0 unspecified atom stereocenters. The SMILES string of the molecule is Cc1cccc(COc2ccc(/C=C3\SC(=S)N(C4CCCCC4)C3=O)cc2)c1. The number of carbonyl (C=O) groups is 1. The average molecular weight is 424 g/mol. The van der Waals surface area contributed by atoms with Crippen LogP contribution in [0.3, 0.4) is 0 Å². The second-order valence-corrected chi connectivity index (χ2v) is 9.37. The Morgan fingerprint density at radius 3 is 2.62 bits per heavy atom. The number of hydrogen-bond acceptors (Lipinski definition) is 4. The van der Waals surface area contributed by atoms with Crippen molar-refractivity contribution in [3.63, 3.8) is 0 Å². The summed E-state index contributed by atoms with van der Waals surface area (Å²) in [4.78, 5) is 15.5. The predicted octanol–water partition coefficient (Wildman–Crippen LogP) is 6.11. The molecule has 5 heteroatoms. The molecule has 3 nitrogen and oxygen atoms in total. The smallest absolute Gasteiger partial charge is 0.266 e. The van der Waals surface area contributed by atoms with Gasteiger partial charge in [0.25, 0.3) is 5.91 Å². The first-order valence-electron chi connectivity index (χ1n) is 10.2. The molecule has 1 saturated heterocycles. The van der Waals surface area contributed by atoms with Crippen LogP contribution in [0.15, 0.2) is 53.4 Å². The van der Waals surface area contributed by atoms with Crippen LogP contribution in [0.4, 0.5) is 0 Å². The van der Waals surface area contributed by atoms with E-state index < -0.39 is 0 Å². The lowest BCUT2D eigenvalue weighted by atomic mass is 9.94. The van der Waals surface area contributed by atoms with E-state index in [0.717, 1.165) is 29.7 Å². The van der Waals surface area contributed by atoms with E-state index in [-0.39, 0.29) is 11.9 Å². The van der Waals surface area contributed by atoms with Gasteiger partial charge in [0.2, 0.25) is 0 Å². The van der Waals surface area contributed by atoms with Crippen LogP contribution in [0.1, 0.15) is 48.8 Å². The lowest BCUT2D eigenvalue weighted by molar-refractivity contribution is -0.124. The molecule has 0 atom stereocenters. The van der Waals surface area contributed by atoms with E-state index in [9.17, 15) is 4.79 Å². The summed E-state index contributed by atoms with van der Waals surface area (Å²) in [7, 11) is 0. The third-order valence-corrected chi connectivity index (χ3v) is 6.76. The van der Waals surface area contributed by atoms with Crippen molar-refractivity contribution in [1.29, 1.82) is 0 Å². The average Bonchev–Trinajstić information content (AvgIpc) is 3.01. The molecule has 29 heavy (non-hydrogen) atoms. The van der Waals surface area contributed by atoms with Crippen molar-refractivity contribution in [2.45, 2.75) is 51.7 Å². The number of ether oxygens (including phenoxy) is 1. The summed E-state index contributed by atoms with van der Waals surface area (Å²) in [6, 6.07) is 16.5. The topological polar surface area (TPSA) is 29.5 Å². The molecule has 1 saturated carbocycles. The highest BCUT2D eigenvalue weighted by Crippen LogP contribution is 2.37. The van der Waals surface area contributed by atoms with Gasteiger partial charge in [0.1, 0.15) is 16.7 Å². The Morgan fingerprint density at radius 2 is 1.90 bits per heavy atom. The first-order valence-corrected chi connectivity index (χ1v) is 11.4. The molecule has 2 fully saturated rings. The number of carbonyl (C=O) groups excluding carboxylic acids is 1. The van der Waals surface area contributed by atoms with Gasteiger partial charge in [-0.05, 0) is 49.1 Å². The molecule has 0 aromatic heterocycles. The van der Waals surface area contributed by atoms with Crippen LogP contribution >= 0.6 is 24.0 Å². The molecule has 0 radical (unpaired) electrons. The first-order chi connectivity index (χ1) is 14.1. The van der Waals surface area contributed by atoms with E-state index in [1.165, 1.54) is 36.6 Å². The van der Waals surface area contributed by atoms with Gasteiger partial charge in [0.05, 0.1) is 4.91 Å². The number of thiocarbonyl (C=S) groups is 1. The first kappa shape index (κ1) is 20.2. The standard InChI is InChI=1S/C24H25NO2S2/c1-17-6-5-7-19(14-17)16-27-21-12-10-18(11-13-21)15-22-23(26)25(24(28)29-22)20-8-3-2-4-9-20/h5-7,10-15,20H,2-4,8-9,16H2,1H3/b22-15-. The number of hydrogen-bond donors (Lipinski definition) is 0. The minimum Gasteiger partial charge on any atom is -0.489 e. The van der Waals surface area contributed by atoms with Crippen molar-refractivity contribution >= 4 is 40.3 Å². The Labute approximate surface area is 182 Å². The molecule has 150 valence electrons. The number of thioether (sulfide) groups is 1. The van der Waals surface area contributed by atoms with Gasteiger partial charge in [0, 0.05) is 6.04 Å². The van der Waals surface area contributed by atoms with Crippen molar-refractivity contribution in [2.24, 2.45) is 0 Å². The van der Waals surface area contributed by atoms with Crippen molar-refractivity contribution in [2.75, 3.05) is 0 Å². The largest absolute Gasteiger partial charge is 0.489 e. The van der Waals surface area contributed by atoms with Gasteiger partial charge in [0.15, 0.2) is 0 Å². The minimum absolute atomic E-state index is 0.0617. The quantitative estimate of drug-likeness (QED) is 0.429. The zero-order valence-corrected chi connectivity index (χ0v) is 18.2. The van der Waals surface area contributed by atoms with Gasteiger partial charge in [-0.2, -0.15) is 0 Å². The molecule has 2 aromatic carbocycles. The van der Waals surface area contributed by atoms with Crippen LogP contribution in [-0.4, -0.2) is 21.2 Å². The van der Waals surface area contributed by atoms with Gasteiger partial charge in [-0.15, -0.1) is 0 Å². The highest BCUT2D eigenvalue weighted by molar-refractivity contribution is 8.26. The van der Waals surface area contributed by atoms with Crippen molar-refractivity contribution in [3.8, 4) is 5.75 Å². The van der Waals surface area contributed by atoms with Crippen LogP contribution in [-0.2, 0) is 11.4 Å². The Balaban J connectivity index is 1.40. The fourth-order valence-electron chi connectivity index (χ4n) is 3.91. The summed E-state index contributed by atoms with van der Waals surface area (Å²) in [5.41, 5.74) is 3.37. The van der Waals surface area contributed by atoms with Gasteiger partial charge in [-0.25, -0.2) is 0 Å². The Morgan fingerprint density at radius 1 is 1.14 bits per heavy atom. The zero-order chi connectivity index (χ0) is 20.2.